The fourth-order valence-corrected chi connectivity index (χ4v) is 9.15. The van der Waals surface area contributed by atoms with E-state index in [-0.39, 0.29) is 0 Å². The molecule has 1 atom stereocenters. The maximum absolute atomic E-state index is 4.02. The maximum atomic E-state index is 4.02. The third-order valence-corrected chi connectivity index (χ3v) is 10.3. The van der Waals surface area contributed by atoms with Crippen molar-refractivity contribution in [2.24, 2.45) is 0 Å². The van der Waals surface area contributed by atoms with E-state index in [2.05, 4.69) is 73.7 Å². The number of allylic oxidation sites excluding steroid dienone is 4. The molecule has 0 saturated heterocycles. The molecule has 96 valence electrons. The van der Waals surface area contributed by atoms with Gasteiger partial charge in [-0.2, -0.15) is 0 Å². The van der Waals surface area contributed by atoms with E-state index in [1.807, 2.05) is 0 Å². The van der Waals surface area contributed by atoms with Crippen molar-refractivity contribution >= 4 is 22.4 Å². The van der Waals surface area contributed by atoms with Gasteiger partial charge in [0.1, 0.15) is 8.24 Å². The van der Waals surface area contributed by atoms with Crippen LogP contribution in [0.3, 0.4) is 0 Å². The van der Waals surface area contributed by atoms with Crippen LogP contribution < -0.4 is 9.83 Å². The van der Waals surface area contributed by atoms with Crippen molar-refractivity contribution in [3.8, 4) is 0 Å². The molecule has 1 aromatic rings. The van der Waals surface area contributed by atoms with Crippen LogP contribution in [0.5, 0.6) is 0 Å². The lowest BCUT2D eigenvalue weighted by atomic mass is 10.2. The molecule has 0 fully saturated rings. The molecule has 0 amide bonds. The van der Waals surface area contributed by atoms with Crippen LogP contribution in [0.1, 0.15) is 12.0 Å². The lowest BCUT2D eigenvalue weighted by Gasteiger charge is -2.28. The fraction of sp³-hybridized carbons (Fsp3) is 0.333. The molecular formula is C15H23NSi2. The Bertz CT molecular complexity index is 484. The van der Waals surface area contributed by atoms with Gasteiger partial charge in [0.05, 0.1) is 0 Å². The number of benzene rings is 1. The predicted molar refractivity (Wildman–Crippen MR) is 86.3 cm³/mol. The summed E-state index contributed by atoms with van der Waals surface area (Å²) in [4.78, 5) is 0. The highest BCUT2D eigenvalue weighted by atomic mass is 28.4. The highest BCUT2D eigenvalue weighted by Crippen LogP contribution is 2.15. The molecule has 0 heterocycles. The summed E-state index contributed by atoms with van der Waals surface area (Å²) in [6.45, 7) is 9.43. The van der Waals surface area contributed by atoms with Crippen molar-refractivity contribution in [2.45, 2.75) is 33.0 Å². The van der Waals surface area contributed by atoms with Gasteiger partial charge in [0.2, 0.25) is 0 Å². The SMILES string of the molecule is Cc1ccccc1[SiH](N[Si](C)(C)C)C1=CC=CC1. The van der Waals surface area contributed by atoms with E-state index in [4.69, 9.17) is 0 Å². The summed E-state index contributed by atoms with van der Waals surface area (Å²) in [7, 11) is -2.45. The Hall–Kier alpha value is -0.906. The Morgan fingerprint density at radius 1 is 1.17 bits per heavy atom. The first-order valence-corrected chi connectivity index (χ1v) is 11.9. The summed E-state index contributed by atoms with van der Waals surface area (Å²) in [5.41, 5.74) is 1.44. The second-order valence-electron chi connectivity index (χ2n) is 6.06. The van der Waals surface area contributed by atoms with Gasteiger partial charge in [-0.1, -0.05) is 72.9 Å². The minimum absolute atomic E-state index is 1.14. The van der Waals surface area contributed by atoms with Crippen LogP contribution in [0.4, 0.5) is 0 Å². The third kappa shape index (κ3) is 3.31. The third-order valence-electron chi connectivity index (χ3n) is 3.25. The van der Waals surface area contributed by atoms with Crippen LogP contribution in [0, 0.1) is 6.92 Å². The summed E-state index contributed by atoms with van der Waals surface area (Å²) < 4.78 is 4.02. The summed E-state index contributed by atoms with van der Waals surface area (Å²) in [6.07, 6.45) is 7.96. The van der Waals surface area contributed by atoms with Crippen LogP contribution in [0.15, 0.2) is 47.7 Å². The number of hydrogen-bond acceptors (Lipinski definition) is 1. The van der Waals surface area contributed by atoms with Gasteiger partial charge in [-0.05, 0) is 18.5 Å². The van der Waals surface area contributed by atoms with E-state index in [0.717, 1.165) is 6.42 Å². The zero-order valence-electron chi connectivity index (χ0n) is 11.8. The van der Waals surface area contributed by atoms with E-state index in [1.54, 1.807) is 10.4 Å². The molecule has 1 nitrogen and oxygen atoms in total. The molecule has 0 radical (unpaired) electrons. The zero-order chi connectivity index (χ0) is 13.2. The molecule has 0 saturated carbocycles. The number of rotatable bonds is 4. The Kier molecular flexibility index (Phi) is 4.05. The first-order chi connectivity index (χ1) is 8.47. The largest absolute Gasteiger partial charge is 0.355 e. The highest BCUT2D eigenvalue weighted by molar-refractivity contribution is 6.91. The van der Waals surface area contributed by atoms with Gasteiger partial charge >= 0.3 is 0 Å². The normalized spacial score (nSPS) is 16.8. The summed E-state index contributed by atoms with van der Waals surface area (Å²) >= 11 is 0. The van der Waals surface area contributed by atoms with Crippen molar-refractivity contribution in [1.82, 2.24) is 4.65 Å². The second-order valence-corrected chi connectivity index (χ2v) is 13.9. The summed E-state index contributed by atoms with van der Waals surface area (Å²) in [5.74, 6) is 0. The highest BCUT2D eigenvalue weighted by Gasteiger charge is 2.26. The summed E-state index contributed by atoms with van der Waals surface area (Å²) in [5, 5.41) is 3.20. The number of nitrogens with one attached hydrogen (secondary N) is 1. The van der Waals surface area contributed by atoms with Crippen molar-refractivity contribution in [1.29, 1.82) is 0 Å². The molecule has 0 bridgehead atoms. The lowest BCUT2D eigenvalue weighted by molar-refractivity contribution is 1.30. The number of hydrogen-bond donors (Lipinski definition) is 1. The van der Waals surface area contributed by atoms with Gasteiger partial charge in [0, 0.05) is 0 Å². The number of aryl methyl sites for hydroxylation is 1. The first kappa shape index (κ1) is 13.5. The molecule has 1 aliphatic carbocycles. The predicted octanol–water partition coefficient (Wildman–Crippen LogP) is 2.78. The molecule has 1 aliphatic rings. The minimum Gasteiger partial charge on any atom is -0.355 e. The van der Waals surface area contributed by atoms with Gasteiger partial charge in [-0.15, -0.1) is 0 Å². The zero-order valence-corrected chi connectivity index (χ0v) is 14.0. The molecule has 0 aliphatic heterocycles. The van der Waals surface area contributed by atoms with Gasteiger partial charge in [-0.25, -0.2) is 0 Å². The topological polar surface area (TPSA) is 12.0 Å². The molecular weight excluding hydrogens is 250 g/mol. The molecule has 1 unspecified atom stereocenters. The molecule has 0 aromatic heterocycles. The first-order valence-electron chi connectivity index (χ1n) is 6.66. The van der Waals surface area contributed by atoms with Crippen LogP contribution in [-0.4, -0.2) is 17.2 Å². The quantitative estimate of drug-likeness (QED) is 0.832. The van der Waals surface area contributed by atoms with E-state index in [1.165, 1.54) is 5.56 Å². The molecule has 1 N–H and O–H groups in total. The van der Waals surface area contributed by atoms with Crippen LogP contribution >= 0.6 is 0 Å². The van der Waals surface area contributed by atoms with Gasteiger partial charge < -0.3 is 4.65 Å². The Labute approximate surface area is 113 Å². The van der Waals surface area contributed by atoms with E-state index in [0.29, 0.717) is 0 Å². The van der Waals surface area contributed by atoms with Crippen LogP contribution in [-0.2, 0) is 0 Å². The average molecular weight is 274 g/mol. The van der Waals surface area contributed by atoms with Crippen molar-refractivity contribution in [2.75, 3.05) is 0 Å². The van der Waals surface area contributed by atoms with Gasteiger partial charge in [0.25, 0.3) is 0 Å². The van der Waals surface area contributed by atoms with E-state index < -0.39 is 17.2 Å². The van der Waals surface area contributed by atoms with Crippen LogP contribution in [0.25, 0.3) is 0 Å². The Morgan fingerprint density at radius 2 is 1.89 bits per heavy atom. The Morgan fingerprint density at radius 3 is 2.44 bits per heavy atom. The maximum Gasteiger partial charge on any atom is 0.163 e. The second kappa shape index (κ2) is 5.38. The lowest BCUT2D eigenvalue weighted by Crippen LogP contribution is -2.58. The van der Waals surface area contributed by atoms with Crippen molar-refractivity contribution in [3.63, 3.8) is 0 Å². The minimum atomic E-state index is -1.25. The van der Waals surface area contributed by atoms with Crippen molar-refractivity contribution < 1.29 is 0 Å². The molecule has 3 heteroatoms. The van der Waals surface area contributed by atoms with Crippen LogP contribution in [0.2, 0.25) is 19.6 Å². The van der Waals surface area contributed by atoms with E-state index in [9.17, 15) is 0 Å². The molecule has 1 aromatic carbocycles. The Balaban J connectivity index is 2.33. The van der Waals surface area contributed by atoms with Gasteiger partial charge in [-0.3, -0.25) is 0 Å². The fourth-order valence-electron chi connectivity index (χ4n) is 2.39. The van der Waals surface area contributed by atoms with Gasteiger partial charge in [0.15, 0.2) is 8.96 Å². The smallest absolute Gasteiger partial charge is 0.163 e. The monoisotopic (exact) mass is 273 g/mol. The molecule has 2 rings (SSSR count). The molecule has 0 spiro atoms. The summed E-state index contributed by atoms with van der Waals surface area (Å²) in [6, 6.07) is 8.87. The molecule has 18 heavy (non-hydrogen) atoms. The van der Waals surface area contributed by atoms with E-state index >= 15 is 0 Å². The average Bonchev–Trinajstić information content (AvgIpc) is 2.79. The standard InChI is InChI=1S/C15H23NSi2/c1-13-9-5-8-12-15(13)17(16-18(2,3)4)14-10-6-7-11-14/h5-10,12,16-17H,11H2,1-4H3. The van der Waals surface area contributed by atoms with Crippen molar-refractivity contribution in [3.05, 3.63) is 53.3 Å².